The van der Waals surface area contributed by atoms with Crippen LogP contribution in [0.4, 0.5) is 0 Å². The summed E-state index contributed by atoms with van der Waals surface area (Å²) in [7, 11) is 1.85. The first-order chi connectivity index (χ1) is 12.9. The van der Waals surface area contributed by atoms with Crippen LogP contribution in [0.3, 0.4) is 0 Å². The summed E-state index contributed by atoms with van der Waals surface area (Å²) in [6, 6.07) is 0. The average molecular weight is 361 g/mol. The lowest BCUT2D eigenvalue weighted by Crippen LogP contribution is -2.39. The standard InChI is InChI=1S/C20H36N6/c1-21-20(22-14-8-11-17-9-4-2-5-10-17)23-15-13-19-25-24-18-12-6-3-7-16-26(18)19/h17H,2-16H2,1H3,(H2,21,22,23). The van der Waals surface area contributed by atoms with E-state index in [0.717, 1.165) is 50.2 Å². The zero-order valence-electron chi connectivity index (χ0n) is 16.5. The summed E-state index contributed by atoms with van der Waals surface area (Å²) in [5.74, 6) is 4.15. The van der Waals surface area contributed by atoms with Crippen LogP contribution >= 0.6 is 0 Å². The summed E-state index contributed by atoms with van der Waals surface area (Å²) in [6.45, 7) is 2.93. The number of nitrogens with zero attached hydrogens (tertiary/aromatic N) is 4. The predicted molar refractivity (Wildman–Crippen MR) is 106 cm³/mol. The molecule has 6 nitrogen and oxygen atoms in total. The van der Waals surface area contributed by atoms with Crippen molar-refractivity contribution >= 4 is 5.96 Å². The molecule has 2 N–H and O–H groups in total. The van der Waals surface area contributed by atoms with E-state index < -0.39 is 0 Å². The van der Waals surface area contributed by atoms with Crippen LogP contribution in [0.25, 0.3) is 0 Å². The van der Waals surface area contributed by atoms with Crippen LogP contribution < -0.4 is 10.6 Å². The van der Waals surface area contributed by atoms with E-state index in [1.807, 2.05) is 7.05 Å². The van der Waals surface area contributed by atoms with Crippen molar-refractivity contribution in [2.45, 2.75) is 83.6 Å². The van der Waals surface area contributed by atoms with Crippen molar-refractivity contribution in [3.05, 3.63) is 11.6 Å². The Hall–Kier alpha value is -1.59. The molecule has 0 unspecified atom stereocenters. The molecule has 1 fully saturated rings. The van der Waals surface area contributed by atoms with Gasteiger partial charge in [-0.1, -0.05) is 38.5 Å². The third-order valence-corrected chi connectivity index (χ3v) is 5.86. The summed E-state index contributed by atoms with van der Waals surface area (Å²) < 4.78 is 2.33. The van der Waals surface area contributed by atoms with Crippen molar-refractivity contribution in [1.82, 2.24) is 25.4 Å². The van der Waals surface area contributed by atoms with E-state index in [9.17, 15) is 0 Å². The quantitative estimate of drug-likeness (QED) is 0.445. The van der Waals surface area contributed by atoms with Crippen molar-refractivity contribution in [2.24, 2.45) is 10.9 Å². The first kappa shape index (κ1) is 19.2. The molecule has 0 aromatic carbocycles. The third kappa shape index (κ3) is 5.71. The van der Waals surface area contributed by atoms with E-state index in [4.69, 9.17) is 0 Å². The molecule has 2 aliphatic rings. The van der Waals surface area contributed by atoms with Crippen LogP contribution in [0, 0.1) is 5.92 Å². The van der Waals surface area contributed by atoms with Gasteiger partial charge in [0, 0.05) is 39.5 Å². The Labute approximate surface area is 158 Å². The summed E-state index contributed by atoms with van der Waals surface area (Å²) in [4.78, 5) is 4.35. The van der Waals surface area contributed by atoms with Crippen molar-refractivity contribution < 1.29 is 0 Å². The molecule has 1 aliphatic heterocycles. The lowest BCUT2D eigenvalue weighted by atomic mass is 9.86. The molecule has 3 rings (SSSR count). The zero-order valence-corrected chi connectivity index (χ0v) is 16.5. The maximum Gasteiger partial charge on any atom is 0.190 e. The number of rotatable bonds is 7. The smallest absolute Gasteiger partial charge is 0.190 e. The van der Waals surface area contributed by atoms with Crippen LogP contribution in [-0.2, 0) is 19.4 Å². The van der Waals surface area contributed by atoms with Gasteiger partial charge in [0.15, 0.2) is 5.96 Å². The van der Waals surface area contributed by atoms with Gasteiger partial charge in [-0.2, -0.15) is 0 Å². The van der Waals surface area contributed by atoms with Crippen LogP contribution in [0.1, 0.15) is 75.9 Å². The van der Waals surface area contributed by atoms with E-state index in [0.29, 0.717) is 0 Å². The maximum atomic E-state index is 4.40. The second kappa shape index (κ2) is 10.5. The Kier molecular flexibility index (Phi) is 7.77. The molecule has 0 atom stereocenters. The van der Waals surface area contributed by atoms with E-state index >= 15 is 0 Å². The molecule has 0 spiro atoms. The highest BCUT2D eigenvalue weighted by molar-refractivity contribution is 5.79. The van der Waals surface area contributed by atoms with Crippen LogP contribution in [0.15, 0.2) is 4.99 Å². The monoisotopic (exact) mass is 360 g/mol. The maximum absolute atomic E-state index is 4.40. The largest absolute Gasteiger partial charge is 0.356 e. The first-order valence-electron chi connectivity index (χ1n) is 10.7. The SMILES string of the molecule is CN=C(NCCCC1CCCCC1)NCCc1nnc2n1CCCCC2. The molecule has 146 valence electrons. The summed E-state index contributed by atoms with van der Waals surface area (Å²) >= 11 is 0. The van der Waals surface area contributed by atoms with Crippen molar-refractivity contribution in [3.8, 4) is 0 Å². The number of fused-ring (bicyclic) bond motifs is 1. The minimum Gasteiger partial charge on any atom is -0.356 e. The van der Waals surface area contributed by atoms with E-state index in [1.165, 1.54) is 70.0 Å². The molecular formula is C20H36N6. The number of aliphatic imine (C=N–C) groups is 1. The highest BCUT2D eigenvalue weighted by Gasteiger charge is 2.15. The Balaban J connectivity index is 1.33. The Morgan fingerprint density at radius 1 is 1.04 bits per heavy atom. The van der Waals surface area contributed by atoms with Crippen LogP contribution in [0.2, 0.25) is 0 Å². The molecule has 1 aliphatic carbocycles. The molecule has 0 amide bonds. The van der Waals surface area contributed by atoms with Gasteiger partial charge in [0.2, 0.25) is 0 Å². The third-order valence-electron chi connectivity index (χ3n) is 5.86. The normalized spacial score (nSPS) is 19.0. The number of hydrogen-bond acceptors (Lipinski definition) is 3. The number of hydrogen-bond donors (Lipinski definition) is 2. The van der Waals surface area contributed by atoms with Gasteiger partial charge in [-0.3, -0.25) is 4.99 Å². The van der Waals surface area contributed by atoms with Crippen molar-refractivity contribution in [3.63, 3.8) is 0 Å². The van der Waals surface area contributed by atoms with Crippen LogP contribution in [-0.4, -0.2) is 40.9 Å². The molecule has 1 saturated carbocycles. The van der Waals surface area contributed by atoms with Gasteiger partial charge in [-0.15, -0.1) is 10.2 Å². The Bertz CT molecular complexity index is 559. The molecular weight excluding hydrogens is 324 g/mol. The van der Waals surface area contributed by atoms with Gasteiger partial charge in [-0.25, -0.2) is 0 Å². The van der Waals surface area contributed by atoms with Crippen molar-refractivity contribution in [1.29, 1.82) is 0 Å². The Morgan fingerprint density at radius 3 is 2.69 bits per heavy atom. The number of guanidine groups is 1. The molecule has 2 heterocycles. The van der Waals surface area contributed by atoms with Crippen LogP contribution in [0.5, 0.6) is 0 Å². The fourth-order valence-corrected chi connectivity index (χ4v) is 4.32. The van der Waals surface area contributed by atoms with Crippen molar-refractivity contribution in [2.75, 3.05) is 20.1 Å². The molecule has 0 bridgehead atoms. The zero-order chi connectivity index (χ0) is 18.0. The first-order valence-corrected chi connectivity index (χ1v) is 10.7. The fourth-order valence-electron chi connectivity index (χ4n) is 4.32. The number of nitrogens with one attached hydrogen (secondary N) is 2. The molecule has 1 aromatic heterocycles. The Morgan fingerprint density at radius 2 is 1.85 bits per heavy atom. The molecule has 0 saturated heterocycles. The molecule has 6 heteroatoms. The minimum atomic E-state index is 0.848. The van der Waals surface area contributed by atoms with E-state index in [2.05, 4.69) is 30.4 Å². The second-order valence-corrected chi connectivity index (χ2v) is 7.82. The second-order valence-electron chi connectivity index (χ2n) is 7.82. The van der Waals surface area contributed by atoms with E-state index in [1.54, 1.807) is 0 Å². The lowest BCUT2D eigenvalue weighted by Gasteiger charge is -2.21. The topological polar surface area (TPSA) is 67.1 Å². The summed E-state index contributed by atoms with van der Waals surface area (Å²) in [6.07, 6.45) is 15.6. The summed E-state index contributed by atoms with van der Waals surface area (Å²) in [5.41, 5.74) is 0. The lowest BCUT2D eigenvalue weighted by molar-refractivity contribution is 0.332. The van der Waals surface area contributed by atoms with Gasteiger partial charge in [0.05, 0.1) is 0 Å². The highest BCUT2D eigenvalue weighted by Crippen LogP contribution is 2.26. The highest BCUT2D eigenvalue weighted by atomic mass is 15.3. The fraction of sp³-hybridized carbons (Fsp3) is 0.850. The van der Waals surface area contributed by atoms with Gasteiger partial charge in [-0.05, 0) is 31.6 Å². The van der Waals surface area contributed by atoms with Gasteiger partial charge < -0.3 is 15.2 Å². The molecule has 1 aromatic rings. The van der Waals surface area contributed by atoms with Gasteiger partial charge >= 0.3 is 0 Å². The predicted octanol–water partition coefficient (Wildman–Crippen LogP) is 3.07. The number of aromatic nitrogens is 3. The van der Waals surface area contributed by atoms with Gasteiger partial charge in [0.1, 0.15) is 11.6 Å². The number of aryl methyl sites for hydroxylation is 1. The van der Waals surface area contributed by atoms with E-state index in [-0.39, 0.29) is 0 Å². The molecule has 0 radical (unpaired) electrons. The average Bonchev–Trinajstić information content (AvgIpc) is 2.90. The minimum absolute atomic E-state index is 0.848. The summed E-state index contributed by atoms with van der Waals surface area (Å²) in [5, 5.41) is 15.7. The molecule has 26 heavy (non-hydrogen) atoms. The van der Waals surface area contributed by atoms with Gasteiger partial charge in [0.25, 0.3) is 0 Å².